The van der Waals surface area contributed by atoms with Crippen LogP contribution < -0.4 is 10.2 Å². The van der Waals surface area contributed by atoms with E-state index >= 15 is 0 Å². The van der Waals surface area contributed by atoms with Crippen molar-refractivity contribution in [3.8, 4) is 24.7 Å². The minimum Gasteiger partial charge on any atom is -0.322 e. The molecule has 3 aromatic carbocycles. The highest BCUT2D eigenvalue weighted by molar-refractivity contribution is 6.10. The lowest BCUT2D eigenvalue weighted by Crippen LogP contribution is -2.25. The van der Waals surface area contributed by atoms with Gasteiger partial charge in [0.15, 0.2) is 0 Å². The Labute approximate surface area is 218 Å². The number of nitrogens with one attached hydrogen (secondary N) is 1. The molecule has 0 aromatic heterocycles. The van der Waals surface area contributed by atoms with Crippen LogP contribution in [0.3, 0.4) is 0 Å². The SMILES string of the molecule is C#Cc1ccc(NC(=O)c2cc(C#C)ccc2N(C=O)c2ccc(C=NN(C)CCN(C)C)cc2)cc1. The number of carbonyl (C=O) groups excluding carboxylic acids is 2. The van der Waals surface area contributed by atoms with Gasteiger partial charge in [0.1, 0.15) is 0 Å². The quantitative estimate of drug-likeness (QED) is 0.201. The van der Waals surface area contributed by atoms with Crippen LogP contribution in [0.25, 0.3) is 0 Å². The molecule has 3 aromatic rings. The number of benzene rings is 3. The summed E-state index contributed by atoms with van der Waals surface area (Å²) < 4.78 is 0. The molecule has 0 radical (unpaired) electrons. The Morgan fingerprint density at radius 3 is 2.16 bits per heavy atom. The van der Waals surface area contributed by atoms with Crippen molar-refractivity contribution in [3.63, 3.8) is 0 Å². The van der Waals surface area contributed by atoms with E-state index in [1.54, 1.807) is 60.8 Å². The number of amides is 2. The third-order valence-electron chi connectivity index (χ3n) is 5.53. The Kier molecular flexibility index (Phi) is 9.21. The average molecular weight is 492 g/mol. The summed E-state index contributed by atoms with van der Waals surface area (Å²) in [7, 11) is 5.95. The van der Waals surface area contributed by atoms with Gasteiger partial charge >= 0.3 is 0 Å². The summed E-state index contributed by atoms with van der Waals surface area (Å²) in [4.78, 5) is 28.9. The van der Waals surface area contributed by atoms with Crippen molar-refractivity contribution in [3.05, 3.63) is 89.0 Å². The van der Waals surface area contributed by atoms with Gasteiger partial charge in [0.05, 0.1) is 17.5 Å². The summed E-state index contributed by atoms with van der Waals surface area (Å²) >= 11 is 0. The summed E-state index contributed by atoms with van der Waals surface area (Å²) in [6, 6.07) is 19.1. The summed E-state index contributed by atoms with van der Waals surface area (Å²) in [5.41, 5.74) is 3.92. The molecule has 0 fully saturated rings. The Hall–Kier alpha value is -4.85. The molecule has 7 heteroatoms. The number of rotatable bonds is 10. The molecule has 0 unspecified atom stereocenters. The average Bonchev–Trinajstić information content (AvgIpc) is 2.92. The van der Waals surface area contributed by atoms with Crippen molar-refractivity contribution in [1.29, 1.82) is 0 Å². The maximum absolute atomic E-state index is 13.2. The highest BCUT2D eigenvalue weighted by Crippen LogP contribution is 2.29. The molecule has 0 atom stereocenters. The monoisotopic (exact) mass is 491 g/mol. The molecule has 2 amide bonds. The first-order valence-electron chi connectivity index (χ1n) is 11.6. The van der Waals surface area contributed by atoms with E-state index in [0.29, 0.717) is 34.6 Å². The van der Waals surface area contributed by atoms with Gasteiger partial charge in [-0.2, -0.15) is 5.10 Å². The Balaban J connectivity index is 1.85. The van der Waals surface area contributed by atoms with Crippen LogP contribution in [0.1, 0.15) is 27.0 Å². The standard InChI is InChI=1S/C30H29N5O2/c1-6-23-8-13-26(14-9-23)32-30(37)28-20-24(7-2)12-17-29(28)35(22-36)27-15-10-25(11-16-27)21-31-34(5)19-18-33(3)4/h1-2,8-17,20-22H,18-19H2,3-5H3,(H,32,37). The third-order valence-corrected chi connectivity index (χ3v) is 5.53. The van der Waals surface area contributed by atoms with Gasteiger partial charge in [0, 0.05) is 42.6 Å². The number of nitrogens with zero attached hydrogens (tertiary/aromatic N) is 4. The first-order chi connectivity index (χ1) is 17.8. The minimum atomic E-state index is -0.406. The summed E-state index contributed by atoms with van der Waals surface area (Å²) in [6.45, 7) is 1.69. The molecule has 0 saturated carbocycles. The number of carbonyl (C=O) groups is 2. The largest absolute Gasteiger partial charge is 0.322 e. The molecule has 0 aliphatic heterocycles. The second kappa shape index (κ2) is 12.7. The van der Waals surface area contributed by atoms with Gasteiger partial charge in [-0.3, -0.25) is 19.5 Å². The van der Waals surface area contributed by atoms with E-state index in [2.05, 4.69) is 27.2 Å². The molecular formula is C30H29N5O2. The zero-order chi connectivity index (χ0) is 26.8. The number of hydrogen-bond donors (Lipinski definition) is 1. The summed E-state index contributed by atoms with van der Waals surface area (Å²) in [5, 5.41) is 9.15. The fourth-order valence-corrected chi connectivity index (χ4v) is 3.41. The topological polar surface area (TPSA) is 68.2 Å². The maximum atomic E-state index is 13.2. The molecule has 186 valence electrons. The fourth-order valence-electron chi connectivity index (χ4n) is 3.41. The highest BCUT2D eigenvalue weighted by atomic mass is 16.2. The molecule has 0 heterocycles. The molecule has 37 heavy (non-hydrogen) atoms. The van der Waals surface area contributed by atoms with Crippen molar-refractivity contribution in [1.82, 2.24) is 9.91 Å². The molecule has 0 aliphatic rings. The number of terminal acetylenes is 2. The van der Waals surface area contributed by atoms with E-state index in [4.69, 9.17) is 12.8 Å². The molecule has 0 saturated heterocycles. The van der Waals surface area contributed by atoms with Gasteiger partial charge < -0.3 is 10.2 Å². The normalized spacial score (nSPS) is 10.5. The zero-order valence-electron chi connectivity index (χ0n) is 21.2. The van der Waals surface area contributed by atoms with Gasteiger partial charge in [0.2, 0.25) is 6.41 Å². The molecular weight excluding hydrogens is 462 g/mol. The fraction of sp³-hybridized carbons (Fsp3) is 0.167. The second-order valence-corrected chi connectivity index (χ2v) is 8.55. The molecule has 1 N–H and O–H groups in total. The van der Waals surface area contributed by atoms with Crippen molar-refractivity contribution in [2.75, 3.05) is 44.4 Å². The lowest BCUT2D eigenvalue weighted by atomic mass is 10.1. The smallest absolute Gasteiger partial charge is 0.257 e. The van der Waals surface area contributed by atoms with Gasteiger partial charge in [-0.25, -0.2) is 0 Å². The Morgan fingerprint density at radius 1 is 0.919 bits per heavy atom. The number of hydrogen-bond acceptors (Lipinski definition) is 5. The van der Waals surface area contributed by atoms with Crippen LogP contribution in [0.2, 0.25) is 0 Å². The molecule has 7 nitrogen and oxygen atoms in total. The van der Waals surface area contributed by atoms with Gasteiger partial charge in [-0.15, -0.1) is 12.8 Å². The lowest BCUT2D eigenvalue weighted by molar-refractivity contribution is -0.106. The van der Waals surface area contributed by atoms with E-state index in [0.717, 1.165) is 18.7 Å². The van der Waals surface area contributed by atoms with Crippen LogP contribution in [0.5, 0.6) is 0 Å². The van der Waals surface area contributed by atoms with Gasteiger partial charge in [-0.05, 0) is 74.3 Å². The predicted molar refractivity (Wildman–Crippen MR) is 150 cm³/mol. The van der Waals surface area contributed by atoms with Crippen molar-refractivity contribution in [2.45, 2.75) is 0 Å². The van der Waals surface area contributed by atoms with Crippen LogP contribution in [-0.2, 0) is 4.79 Å². The second-order valence-electron chi connectivity index (χ2n) is 8.55. The van der Waals surface area contributed by atoms with Crippen LogP contribution in [0.4, 0.5) is 17.1 Å². The van der Waals surface area contributed by atoms with Gasteiger partial charge in [0.25, 0.3) is 5.91 Å². The third kappa shape index (κ3) is 7.32. The van der Waals surface area contributed by atoms with Crippen LogP contribution in [-0.4, -0.2) is 62.7 Å². The first-order valence-corrected chi connectivity index (χ1v) is 11.6. The van der Waals surface area contributed by atoms with Crippen molar-refractivity contribution in [2.24, 2.45) is 5.10 Å². The molecule has 0 aliphatic carbocycles. The maximum Gasteiger partial charge on any atom is 0.257 e. The molecule has 0 spiro atoms. The van der Waals surface area contributed by atoms with Crippen molar-refractivity contribution >= 4 is 35.6 Å². The molecule has 0 bridgehead atoms. The number of anilines is 3. The van der Waals surface area contributed by atoms with Crippen LogP contribution in [0, 0.1) is 24.7 Å². The predicted octanol–water partition coefficient (Wildman–Crippen LogP) is 4.02. The van der Waals surface area contributed by atoms with Gasteiger partial charge in [-0.1, -0.05) is 24.0 Å². The zero-order valence-corrected chi connectivity index (χ0v) is 21.2. The summed E-state index contributed by atoms with van der Waals surface area (Å²) in [6.07, 6.45) is 13.4. The molecule has 3 rings (SSSR count). The van der Waals surface area contributed by atoms with Crippen LogP contribution >= 0.6 is 0 Å². The summed E-state index contributed by atoms with van der Waals surface area (Å²) in [5.74, 6) is 4.67. The minimum absolute atomic E-state index is 0.261. The Morgan fingerprint density at radius 2 is 1.57 bits per heavy atom. The van der Waals surface area contributed by atoms with E-state index in [9.17, 15) is 9.59 Å². The Bertz CT molecular complexity index is 1350. The highest BCUT2D eigenvalue weighted by Gasteiger charge is 2.19. The van der Waals surface area contributed by atoms with Crippen LogP contribution in [0.15, 0.2) is 71.8 Å². The van der Waals surface area contributed by atoms with E-state index in [1.165, 1.54) is 4.90 Å². The van der Waals surface area contributed by atoms with E-state index in [1.807, 2.05) is 38.3 Å². The van der Waals surface area contributed by atoms with E-state index in [-0.39, 0.29) is 5.56 Å². The first kappa shape index (κ1) is 26.7. The van der Waals surface area contributed by atoms with Crippen molar-refractivity contribution < 1.29 is 9.59 Å². The number of hydrazone groups is 1. The van der Waals surface area contributed by atoms with E-state index < -0.39 is 5.91 Å². The number of likely N-dealkylation sites (N-methyl/N-ethyl adjacent to an activating group) is 2. The lowest BCUT2D eigenvalue weighted by Gasteiger charge is -2.21.